The fourth-order valence-electron chi connectivity index (χ4n) is 3.04. The largest absolute Gasteiger partial charge is 0.427 e. The topological polar surface area (TPSA) is 55.1 Å². The molecule has 0 saturated carbocycles. The summed E-state index contributed by atoms with van der Waals surface area (Å²) >= 11 is 0.629. The number of nitrogens with zero attached hydrogens (tertiary/aromatic N) is 4. The quantitative estimate of drug-likeness (QED) is 0.597. The number of alkyl halides is 3. The molecule has 142 valence electrons. The van der Waals surface area contributed by atoms with Gasteiger partial charge in [0, 0.05) is 18.7 Å². The fraction of sp³-hybridized carbons (Fsp3) is 0.353. The molecule has 0 N–H and O–H groups in total. The van der Waals surface area contributed by atoms with E-state index in [-0.39, 0.29) is 11.7 Å². The van der Waals surface area contributed by atoms with E-state index in [1.54, 1.807) is 17.0 Å². The van der Waals surface area contributed by atoms with Crippen molar-refractivity contribution in [3.8, 4) is 11.4 Å². The summed E-state index contributed by atoms with van der Waals surface area (Å²) in [6, 6.07) is 5.88. The standard InChI is InChI=1S/C17H14F4N4OS/c18-12-5-1-3-10(7-12)14-23-15(26-24-14)11-4-2-6-25(9-11)16-22-8-13(27-16)17(19,20)21/h1,3,5,7-8,11H,2,4,6,9H2. The average Bonchev–Trinajstić information content (AvgIpc) is 3.31. The number of hydrogen-bond donors (Lipinski definition) is 0. The lowest BCUT2D eigenvalue weighted by Gasteiger charge is -2.30. The first-order valence-corrected chi connectivity index (χ1v) is 9.09. The van der Waals surface area contributed by atoms with Crippen LogP contribution in [0.5, 0.6) is 0 Å². The van der Waals surface area contributed by atoms with Gasteiger partial charge in [-0.15, -0.1) is 0 Å². The van der Waals surface area contributed by atoms with Gasteiger partial charge in [-0.1, -0.05) is 28.6 Å². The van der Waals surface area contributed by atoms with Crippen LogP contribution in [0, 0.1) is 5.82 Å². The van der Waals surface area contributed by atoms with Gasteiger partial charge in [-0.05, 0) is 25.0 Å². The summed E-state index contributed by atoms with van der Waals surface area (Å²) in [6.07, 6.45) is -1.99. The molecule has 27 heavy (non-hydrogen) atoms. The minimum Gasteiger partial charge on any atom is -0.347 e. The van der Waals surface area contributed by atoms with E-state index in [2.05, 4.69) is 15.1 Å². The van der Waals surface area contributed by atoms with E-state index in [9.17, 15) is 17.6 Å². The highest BCUT2D eigenvalue weighted by Gasteiger charge is 2.35. The van der Waals surface area contributed by atoms with Crippen molar-refractivity contribution in [2.75, 3.05) is 18.0 Å². The van der Waals surface area contributed by atoms with Crippen LogP contribution < -0.4 is 4.90 Å². The Kier molecular flexibility index (Phi) is 4.58. The van der Waals surface area contributed by atoms with Crippen LogP contribution in [0.2, 0.25) is 0 Å². The summed E-state index contributed by atoms with van der Waals surface area (Å²) in [7, 11) is 0. The van der Waals surface area contributed by atoms with Crippen LogP contribution in [0.15, 0.2) is 35.0 Å². The second kappa shape index (κ2) is 6.91. The van der Waals surface area contributed by atoms with Gasteiger partial charge in [0.1, 0.15) is 10.7 Å². The molecule has 2 aromatic heterocycles. The van der Waals surface area contributed by atoms with Crippen LogP contribution in [-0.4, -0.2) is 28.2 Å². The van der Waals surface area contributed by atoms with E-state index in [0.29, 0.717) is 41.0 Å². The van der Waals surface area contributed by atoms with Crippen molar-refractivity contribution in [2.24, 2.45) is 0 Å². The SMILES string of the molecule is Fc1cccc(-c2noc(C3CCCN(c4ncc(C(F)(F)F)s4)C3)n2)c1. The first-order chi connectivity index (χ1) is 12.9. The van der Waals surface area contributed by atoms with Crippen molar-refractivity contribution in [3.05, 3.63) is 47.0 Å². The molecule has 3 aromatic rings. The molecular formula is C17H14F4N4OS. The van der Waals surface area contributed by atoms with E-state index in [0.717, 1.165) is 19.0 Å². The molecular weight excluding hydrogens is 384 g/mol. The maximum absolute atomic E-state index is 13.4. The molecule has 1 aliphatic heterocycles. The molecule has 3 heterocycles. The summed E-state index contributed by atoms with van der Waals surface area (Å²) in [5.74, 6) is 0.167. The molecule has 5 nitrogen and oxygen atoms in total. The van der Waals surface area contributed by atoms with E-state index in [4.69, 9.17) is 4.52 Å². The number of benzene rings is 1. The van der Waals surface area contributed by atoms with Crippen molar-refractivity contribution >= 4 is 16.5 Å². The zero-order valence-corrected chi connectivity index (χ0v) is 14.7. The number of halogens is 4. The molecule has 1 atom stereocenters. The molecule has 0 radical (unpaired) electrons. The lowest BCUT2D eigenvalue weighted by atomic mass is 9.98. The van der Waals surface area contributed by atoms with Gasteiger partial charge in [-0.3, -0.25) is 0 Å². The Hall–Kier alpha value is -2.49. The summed E-state index contributed by atoms with van der Waals surface area (Å²) < 4.78 is 57.1. The second-order valence-electron chi connectivity index (χ2n) is 6.26. The van der Waals surface area contributed by atoms with Crippen molar-refractivity contribution in [1.29, 1.82) is 0 Å². The molecule has 0 spiro atoms. The first-order valence-electron chi connectivity index (χ1n) is 8.27. The number of anilines is 1. The van der Waals surface area contributed by atoms with Crippen LogP contribution in [0.3, 0.4) is 0 Å². The zero-order chi connectivity index (χ0) is 19.0. The van der Waals surface area contributed by atoms with E-state index >= 15 is 0 Å². The molecule has 1 aromatic carbocycles. The summed E-state index contributed by atoms with van der Waals surface area (Å²) in [5.41, 5.74) is 0.507. The maximum atomic E-state index is 13.4. The molecule has 10 heteroatoms. The normalized spacial score (nSPS) is 18.1. The zero-order valence-electron chi connectivity index (χ0n) is 13.9. The number of rotatable bonds is 3. The van der Waals surface area contributed by atoms with Crippen LogP contribution in [-0.2, 0) is 6.18 Å². The van der Waals surface area contributed by atoms with Gasteiger partial charge in [0.05, 0.1) is 12.1 Å². The third-order valence-electron chi connectivity index (χ3n) is 4.34. The van der Waals surface area contributed by atoms with E-state index < -0.39 is 16.9 Å². The number of thiazole rings is 1. The van der Waals surface area contributed by atoms with Gasteiger partial charge in [0.15, 0.2) is 5.13 Å². The highest BCUT2D eigenvalue weighted by atomic mass is 32.1. The second-order valence-corrected chi connectivity index (χ2v) is 7.27. The smallest absolute Gasteiger partial charge is 0.347 e. The molecule has 0 amide bonds. The predicted molar refractivity (Wildman–Crippen MR) is 91.0 cm³/mol. The lowest BCUT2D eigenvalue weighted by Crippen LogP contribution is -2.34. The van der Waals surface area contributed by atoms with Gasteiger partial charge < -0.3 is 9.42 Å². The molecule has 1 unspecified atom stereocenters. The van der Waals surface area contributed by atoms with Crippen molar-refractivity contribution in [2.45, 2.75) is 24.9 Å². The number of aromatic nitrogens is 3. The van der Waals surface area contributed by atoms with Crippen molar-refractivity contribution < 1.29 is 22.1 Å². The van der Waals surface area contributed by atoms with Gasteiger partial charge in [0.2, 0.25) is 11.7 Å². The Labute approximate surface area is 155 Å². The summed E-state index contributed by atoms with van der Waals surface area (Å²) in [4.78, 5) is 9.35. The minimum atomic E-state index is -4.39. The molecule has 1 aliphatic rings. The predicted octanol–water partition coefficient (Wildman–Crippen LogP) is 4.74. The highest BCUT2D eigenvalue weighted by Crippen LogP contribution is 2.38. The Morgan fingerprint density at radius 3 is 2.85 bits per heavy atom. The van der Waals surface area contributed by atoms with Crippen LogP contribution in [0.1, 0.15) is 29.5 Å². The molecule has 0 bridgehead atoms. The van der Waals surface area contributed by atoms with Crippen LogP contribution in [0.25, 0.3) is 11.4 Å². The number of piperidine rings is 1. The Morgan fingerprint density at radius 1 is 1.26 bits per heavy atom. The van der Waals surface area contributed by atoms with Gasteiger partial charge in [-0.25, -0.2) is 9.37 Å². The number of hydrogen-bond acceptors (Lipinski definition) is 6. The summed E-state index contributed by atoms with van der Waals surface area (Å²) in [6.45, 7) is 1.06. The molecule has 0 aliphatic carbocycles. The fourth-order valence-corrected chi connectivity index (χ4v) is 3.86. The first kappa shape index (κ1) is 17.9. The summed E-state index contributed by atoms with van der Waals surface area (Å²) in [5, 5.41) is 4.23. The Morgan fingerprint density at radius 2 is 2.11 bits per heavy atom. The third-order valence-corrected chi connectivity index (χ3v) is 5.44. The van der Waals surface area contributed by atoms with E-state index in [1.807, 2.05) is 0 Å². The molecule has 1 saturated heterocycles. The van der Waals surface area contributed by atoms with Crippen LogP contribution >= 0.6 is 11.3 Å². The van der Waals surface area contributed by atoms with Crippen molar-refractivity contribution in [3.63, 3.8) is 0 Å². The lowest BCUT2D eigenvalue weighted by molar-refractivity contribution is -0.134. The van der Waals surface area contributed by atoms with E-state index in [1.165, 1.54) is 12.1 Å². The van der Waals surface area contributed by atoms with Crippen molar-refractivity contribution in [1.82, 2.24) is 15.1 Å². The van der Waals surface area contributed by atoms with Gasteiger partial charge >= 0.3 is 6.18 Å². The monoisotopic (exact) mass is 398 g/mol. The third kappa shape index (κ3) is 3.80. The molecule has 4 rings (SSSR count). The van der Waals surface area contributed by atoms with Crippen LogP contribution in [0.4, 0.5) is 22.7 Å². The Balaban J connectivity index is 1.51. The minimum absolute atomic E-state index is 0.119. The molecule has 1 fully saturated rings. The average molecular weight is 398 g/mol. The maximum Gasteiger partial charge on any atom is 0.427 e. The Bertz CT molecular complexity index is 939. The van der Waals surface area contributed by atoms with Gasteiger partial charge in [0.25, 0.3) is 0 Å². The van der Waals surface area contributed by atoms with Gasteiger partial charge in [-0.2, -0.15) is 18.2 Å². The highest BCUT2D eigenvalue weighted by molar-refractivity contribution is 7.15.